The molecule has 0 aromatic heterocycles. The molecule has 4 heteroatoms. The second-order valence-corrected chi connectivity index (χ2v) is 5.63. The number of ether oxygens (including phenoxy) is 1. The SMILES string of the molecule is CC(C)Oc1cccc(C(O)Cc2cc(Cl)ccc2F)c1. The molecule has 0 fully saturated rings. The smallest absolute Gasteiger partial charge is 0.126 e. The molecule has 0 radical (unpaired) electrons. The summed E-state index contributed by atoms with van der Waals surface area (Å²) in [5, 5.41) is 10.7. The second-order valence-electron chi connectivity index (χ2n) is 5.19. The van der Waals surface area contributed by atoms with E-state index >= 15 is 0 Å². The molecule has 0 aliphatic rings. The van der Waals surface area contributed by atoms with Crippen LogP contribution in [-0.2, 0) is 6.42 Å². The van der Waals surface area contributed by atoms with Gasteiger partial charge >= 0.3 is 0 Å². The van der Waals surface area contributed by atoms with E-state index in [0.29, 0.717) is 21.9 Å². The summed E-state index contributed by atoms with van der Waals surface area (Å²) < 4.78 is 19.3. The molecule has 0 bridgehead atoms. The first-order valence-electron chi connectivity index (χ1n) is 6.84. The lowest BCUT2D eigenvalue weighted by Crippen LogP contribution is -2.07. The van der Waals surface area contributed by atoms with E-state index < -0.39 is 6.10 Å². The van der Waals surface area contributed by atoms with Crippen LogP contribution in [0, 0.1) is 5.82 Å². The predicted octanol–water partition coefficient (Wildman–Crippen LogP) is 4.54. The Hall–Kier alpha value is -1.58. The van der Waals surface area contributed by atoms with Gasteiger partial charge in [-0.3, -0.25) is 0 Å². The van der Waals surface area contributed by atoms with E-state index in [1.807, 2.05) is 26.0 Å². The van der Waals surface area contributed by atoms with Crippen molar-refractivity contribution in [2.45, 2.75) is 32.5 Å². The zero-order valence-corrected chi connectivity index (χ0v) is 12.8. The van der Waals surface area contributed by atoms with Crippen molar-refractivity contribution in [1.29, 1.82) is 0 Å². The van der Waals surface area contributed by atoms with Gasteiger partial charge in [0.1, 0.15) is 11.6 Å². The third kappa shape index (κ3) is 4.45. The molecular formula is C17H18ClFO2. The Labute approximate surface area is 129 Å². The molecule has 2 nitrogen and oxygen atoms in total. The van der Waals surface area contributed by atoms with E-state index in [4.69, 9.17) is 16.3 Å². The zero-order chi connectivity index (χ0) is 15.4. The molecule has 0 amide bonds. The third-order valence-corrected chi connectivity index (χ3v) is 3.27. The average Bonchev–Trinajstić information content (AvgIpc) is 2.42. The van der Waals surface area contributed by atoms with Gasteiger partial charge in [-0.1, -0.05) is 23.7 Å². The maximum absolute atomic E-state index is 13.7. The summed E-state index contributed by atoms with van der Waals surface area (Å²) in [5.41, 5.74) is 1.08. The van der Waals surface area contributed by atoms with Gasteiger partial charge in [0.15, 0.2) is 0 Å². The van der Waals surface area contributed by atoms with Crippen molar-refractivity contribution in [3.8, 4) is 5.75 Å². The summed E-state index contributed by atoms with van der Waals surface area (Å²) in [6, 6.07) is 11.5. The summed E-state index contributed by atoms with van der Waals surface area (Å²) in [7, 11) is 0. The molecule has 1 unspecified atom stereocenters. The van der Waals surface area contributed by atoms with Gasteiger partial charge in [0, 0.05) is 11.4 Å². The van der Waals surface area contributed by atoms with Gasteiger partial charge in [0.05, 0.1) is 12.2 Å². The molecule has 0 aliphatic carbocycles. The van der Waals surface area contributed by atoms with Crippen LogP contribution in [-0.4, -0.2) is 11.2 Å². The van der Waals surface area contributed by atoms with E-state index in [1.165, 1.54) is 18.2 Å². The van der Waals surface area contributed by atoms with Gasteiger partial charge < -0.3 is 9.84 Å². The summed E-state index contributed by atoms with van der Waals surface area (Å²) >= 11 is 5.86. The molecule has 2 aromatic carbocycles. The Morgan fingerprint density at radius 2 is 1.95 bits per heavy atom. The standard InChI is InChI=1S/C17H18ClFO2/c1-11(2)21-15-5-3-4-12(9-15)17(20)10-13-8-14(18)6-7-16(13)19/h3-9,11,17,20H,10H2,1-2H3. The quantitative estimate of drug-likeness (QED) is 0.878. The molecule has 2 aromatic rings. The fourth-order valence-electron chi connectivity index (χ4n) is 2.09. The highest BCUT2D eigenvalue weighted by molar-refractivity contribution is 6.30. The minimum Gasteiger partial charge on any atom is -0.491 e. The van der Waals surface area contributed by atoms with Crippen LogP contribution < -0.4 is 4.74 Å². The lowest BCUT2D eigenvalue weighted by molar-refractivity contribution is 0.175. The van der Waals surface area contributed by atoms with Crippen molar-refractivity contribution >= 4 is 11.6 Å². The maximum Gasteiger partial charge on any atom is 0.126 e. The fraction of sp³-hybridized carbons (Fsp3) is 0.294. The van der Waals surface area contributed by atoms with E-state index in [9.17, 15) is 9.50 Å². The Bertz CT molecular complexity index is 613. The van der Waals surface area contributed by atoms with Crippen molar-refractivity contribution in [3.63, 3.8) is 0 Å². The largest absolute Gasteiger partial charge is 0.491 e. The lowest BCUT2D eigenvalue weighted by atomic mass is 10.0. The number of rotatable bonds is 5. The van der Waals surface area contributed by atoms with Crippen molar-refractivity contribution in [3.05, 3.63) is 64.4 Å². The number of halogens is 2. The van der Waals surface area contributed by atoms with Crippen molar-refractivity contribution in [1.82, 2.24) is 0 Å². The number of aliphatic hydroxyl groups excluding tert-OH is 1. The average molecular weight is 309 g/mol. The van der Waals surface area contributed by atoms with Crippen LogP contribution in [0.3, 0.4) is 0 Å². The topological polar surface area (TPSA) is 29.5 Å². The molecule has 1 atom stereocenters. The highest BCUT2D eigenvalue weighted by atomic mass is 35.5. The van der Waals surface area contributed by atoms with Crippen molar-refractivity contribution in [2.75, 3.05) is 0 Å². The molecule has 21 heavy (non-hydrogen) atoms. The monoisotopic (exact) mass is 308 g/mol. The number of hydrogen-bond donors (Lipinski definition) is 1. The number of benzene rings is 2. The summed E-state index contributed by atoms with van der Waals surface area (Å²) in [6.07, 6.45) is -0.589. The summed E-state index contributed by atoms with van der Waals surface area (Å²) in [5.74, 6) is 0.321. The van der Waals surface area contributed by atoms with Gasteiger partial charge in [-0.25, -0.2) is 4.39 Å². The van der Waals surface area contributed by atoms with Crippen molar-refractivity contribution in [2.24, 2.45) is 0 Å². The van der Waals surface area contributed by atoms with Crippen LogP contribution in [0.15, 0.2) is 42.5 Å². The Kier molecular flexibility index (Phi) is 5.21. The van der Waals surface area contributed by atoms with E-state index in [0.717, 1.165) is 0 Å². The molecule has 0 spiro atoms. The minimum absolute atomic E-state index is 0.0581. The van der Waals surface area contributed by atoms with Crippen LogP contribution in [0.1, 0.15) is 31.1 Å². The van der Waals surface area contributed by atoms with Crippen LogP contribution in [0.4, 0.5) is 4.39 Å². The molecule has 2 rings (SSSR count). The Morgan fingerprint density at radius 1 is 1.19 bits per heavy atom. The summed E-state index contributed by atoms with van der Waals surface area (Å²) in [6.45, 7) is 3.87. The van der Waals surface area contributed by atoms with Gasteiger partial charge in [-0.2, -0.15) is 0 Å². The van der Waals surface area contributed by atoms with Crippen LogP contribution in [0.25, 0.3) is 0 Å². The van der Waals surface area contributed by atoms with Gasteiger partial charge in [-0.15, -0.1) is 0 Å². The first-order chi connectivity index (χ1) is 9.95. The molecule has 0 aliphatic heterocycles. The maximum atomic E-state index is 13.7. The molecule has 112 valence electrons. The zero-order valence-electron chi connectivity index (χ0n) is 12.0. The van der Waals surface area contributed by atoms with E-state index in [1.54, 1.807) is 12.1 Å². The fourth-order valence-corrected chi connectivity index (χ4v) is 2.29. The van der Waals surface area contributed by atoms with Crippen molar-refractivity contribution < 1.29 is 14.2 Å². The molecule has 0 saturated carbocycles. The minimum atomic E-state index is -0.811. The first kappa shape index (κ1) is 15.8. The molecule has 0 heterocycles. The van der Waals surface area contributed by atoms with Gasteiger partial charge in [0.25, 0.3) is 0 Å². The Balaban J connectivity index is 2.16. The van der Waals surface area contributed by atoms with Crippen LogP contribution >= 0.6 is 11.6 Å². The normalized spacial score (nSPS) is 12.5. The Morgan fingerprint density at radius 3 is 2.67 bits per heavy atom. The molecule has 1 N–H and O–H groups in total. The summed E-state index contributed by atoms with van der Waals surface area (Å²) in [4.78, 5) is 0. The third-order valence-electron chi connectivity index (χ3n) is 3.04. The molecular weight excluding hydrogens is 291 g/mol. The lowest BCUT2D eigenvalue weighted by Gasteiger charge is -2.15. The predicted molar refractivity (Wildman–Crippen MR) is 82.3 cm³/mol. The number of aliphatic hydroxyl groups is 1. The van der Waals surface area contributed by atoms with Crippen LogP contribution in [0.2, 0.25) is 5.02 Å². The molecule has 0 saturated heterocycles. The van der Waals surface area contributed by atoms with Gasteiger partial charge in [-0.05, 0) is 55.3 Å². The second kappa shape index (κ2) is 6.92. The van der Waals surface area contributed by atoms with Gasteiger partial charge in [0.2, 0.25) is 0 Å². The van der Waals surface area contributed by atoms with E-state index in [-0.39, 0.29) is 18.3 Å². The van der Waals surface area contributed by atoms with Crippen LogP contribution in [0.5, 0.6) is 5.75 Å². The van der Waals surface area contributed by atoms with E-state index in [2.05, 4.69) is 0 Å². The highest BCUT2D eigenvalue weighted by Crippen LogP contribution is 2.25. The highest BCUT2D eigenvalue weighted by Gasteiger charge is 2.13. The first-order valence-corrected chi connectivity index (χ1v) is 7.22. The number of hydrogen-bond acceptors (Lipinski definition) is 2.